The average Bonchev–Trinajstić information content (AvgIpc) is 2.29. The number of alkyl halides is 2. The molecule has 1 saturated heterocycles. The van der Waals surface area contributed by atoms with Crippen molar-refractivity contribution in [1.29, 1.82) is 0 Å². The third-order valence-corrected chi connectivity index (χ3v) is 2.38. The molecular weight excluding hydrogens is 212 g/mol. The molecule has 0 aliphatic carbocycles. The van der Waals surface area contributed by atoms with E-state index in [1.807, 2.05) is 13.8 Å². The highest BCUT2D eigenvalue weighted by Crippen LogP contribution is 2.34. The van der Waals surface area contributed by atoms with E-state index in [1.165, 1.54) is 0 Å². The van der Waals surface area contributed by atoms with Crippen molar-refractivity contribution < 1.29 is 13.5 Å². The van der Waals surface area contributed by atoms with Crippen molar-refractivity contribution in [2.75, 3.05) is 6.54 Å². The van der Waals surface area contributed by atoms with Gasteiger partial charge in [-0.2, -0.15) is 0 Å². The number of halogens is 3. The molecule has 5 heteroatoms. The summed E-state index contributed by atoms with van der Waals surface area (Å²) in [5, 5.41) is 0. The van der Waals surface area contributed by atoms with Crippen LogP contribution < -0.4 is 5.73 Å². The van der Waals surface area contributed by atoms with Gasteiger partial charge < -0.3 is 10.5 Å². The molecule has 0 spiro atoms. The van der Waals surface area contributed by atoms with Crippen LogP contribution in [0.5, 0.6) is 0 Å². The topological polar surface area (TPSA) is 35.2 Å². The van der Waals surface area contributed by atoms with Gasteiger partial charge in [0.25, 0.3) is 5.92 Å². The van der Waals surface area contributed by atoms with E-state index >= 15 is 0 Å². The maximum Gasteiger partial charge on any atom is 0.262 e. The lowest BCUT2D eigenvalue weighted by Crippen LogP contribution is -2.33. The van der Waals surface area contributed by atoms with E-state index in [9.17, 15) is 8.78 Å². The van der Waals surface area contributed by atoms with Crippen LogP contribution in [0, 0.1) is 0 Å². The zero-order valence-corrected chi connectivity index (χ0v) is 9.37. The van der Waals surface area contributed by atoms with E-state index in [0.29, 0.717) is 6.42 Å². The highest BCUT2D eigenvalue weighted by molar-refractivity contribution is 5.85. The summed E-state index contributed by atoms with van der Waals surface area (Å²) in [7, 11) is 0. The Balaban J connectivity index is 0.00000169. The van der Waals surface area contributed by atoms with Crippen LogP contribution in [0.3, 0.4) is 0 Å². The average molecular weight is 230 g/mol. The minimum Gasteiger partial charge on any atom is -0.372 e. The SMILES string of the molecule is CC1(C)CCC(CC(F)(F)CN)O1.Cl. The molecule has 1 fully saturated rings. The van der Waals surface area contributed by atoms with Gasteiger partial charge in [-0.1, -0.05) is 0 Å². The third-order valence-electron chi connectivity index (χ3n) is 2.38. The monoisotopic (exact) mass is 229 g/mol. The second-order valence-corrected chi connectivity index (χ2v) is 4.30. The van der Waals surface area contributed by atoms with E-state index in [4.69, 9.17) is 10.5 Å². The molecule has 0 radical (unpaired) electrons. The van der Waals surface area contributed by atoms with Gasteiger partial charge in [-0.25, -0.2) is 8.78 Å². The molecule has 0 aromatic rings. The quantitative estimate of drug-likeness (QED) is 0.806. The third kappa shape index (κ3) is 4.07. The van der Waals surface area contributed by atoms with Gasteiger partial charge in [-0.15, -0.1) is 12.4 Å². The molecule has 2 nitrogen and oxygen atoms in total. The van der Waals surface area contributed by atoms with Crippen LogP contribution >= 0.6 is 12.4 Å². The molecule has 1 aliphatic heterocycles. The Hall–Kier alpha value is 0.0700. The first-order chi connectivity index (χ1) is 5.85. The summed E-state index contributed by atoms with van der Waals surface area (Å²) in [4.78, 5) is 0. The zero-order valence-electron chi connectivity index (χ0n) is 8.56. The highest BCUT2D eigenvalue weighted by Gasteiger charge is 2.38. The Labute approximate surface area is 89.6 Å². The first kappa shape index (κ1) is 14.1. The van der Waals surface area contributed by atoms with Crippen molar-refractivity contribution in [3.63, 3.8) is 0 Å². The Morgan fingerprint density at radius 2 is 2.07 bits per heavy atom. The lowest BCUT2D eigenvalue weighted by atomic mass is 10.0. The minimum atomic E-state index is -2.77. The number of hydrogen-bond acceptors (Lipinski definition) is 2. The van der Waals surface area contributed by atoms with Gasteiger partial charge in [-0.05, 0) is 26.7 Å². The summed E-state index contributed by atoms with van der Waals surface area (Å²) in [6.45, 7) is 3.26. The molecule has 14 heavy (non-hydrogen) atoms. The van der Waals surface area contributed by atoms with Gasteiger partial charge in [0.2, 0.25) is 0 Å². The lowest BCUT2D eigenvalue weighted by molar-refractivity contribution is -0.0776. The fraction of sp³-hybridized carbons (Fsp3) is 1.00. The molecule has 86 valence electrons. The molecule has 0 saturated carbocycles. The molecule has 0 amide bonds. The molecule has 0 bridgehead atoms. The number of hydrogen-bond donors (Lipinski definition) is 1. The first-order valence-electron chi connectivity index (χ1n) is 4.60. The zero-order chi connectivity index (χ0) is 10.1. The van der Waals surface area contributed by atoms with Crippen LogP contribution in [0.2, 0.25) is 0 Å². The van der Waals surface area contributed by atoms with Gasteiger partial charge in [-0.3, -0.25) is 0 Å². The van der Waals surface area contributed by atoms with Crippen molar-refractivity contribution in [1.82, 2.24) is 0 Å². The second kappa shape index (κ2) is 4.73. The predicted octanol–water partition coefficient (Wildman–Crippen LogP) is 2.35. The maximum atomic E-state index is 12.9. The molecule has 1 rings (SSSR count). The van der Waals surface area contributed by atoms with Crippen molar-refractivity contribution >= 4 is 12.4 Å². The van der Waals surface area contributed by atoms with Crippen molar-refractivity contribution in [3.8, 4) is 0 Å². The van der Waals surface area contributed by atoms with Crippen molar-refractivity contribution in [3.05, 3.63) is 0 Å². The van der Waals surface area contributed by atoms with Crippen LogP contribution in [-0.2, 0) is 4.74 Å². The Morgan fingerprint density at radius 1 is 1.50 bits per heavy atom. The van der Waals surface area contributed by atoms with Crippen LogP contribution in [0.15, 0.2) is 0 Å². The lowest BCUT2D eigenvalue weighted by Gasteiger charge is -2.22. The highest BCUT2D eigenvalue weighted by atomic mass is 35.5. The van der Waals surface area contributed by atoms with Crippen molar-refractivity contribution in [2.45, 2.75) is 50.7 Å². The van der Waals surface area contributed by atoms with Gasteiger partial charge >= 0.3 is 0 Å². The first-order valence-corrected chi connectivity index (χ1v) is 4.60. The van der Waals surface area contributed by atoms with Crippen LogP contribution in [0.1, 0.15) is 33.1 Å². The van der Waals surface area contributed by atoms with Gasteiger partial charge in [0.1, 0.15) is 0 Å². The number of nitrogens with two attached hydrogens (primary N) is 1. The largest absolute Gasteiger partial charge is 0.372 e. The Morgan fingerprint density at radius 3 is 2.43 bits per heavy atom. The minimum absolute atomic E-state index is 0. The molecule has 2 N–H and O–H groups in total. The molecule has 1 heterocycles. The smallest absolute Gasteiger partial charge is 0.262 e. The van der Waals surface area contributed by atoms with Crippen LogP contribution in [0.4, 0.5) is 8.78 Å². The molecule has 1 atom stereocenters. The van der Waals surface area contributed by atoms with E-state index in [1.54, 1.807) is 0 Å². The number of ether oxygens (including phenoxy) is 1. The molecular formula is C9H18ClF2NO. The summed E-state index contributed by atoms with van der Waals surface area (Å²) >= 11 is 0. The van der Waals surface area contributed by atoms with Crippen LogP contribution in [-0.4, -0.2) is 24.2 Å². The summed E-state index contributed by atoms with van der Waals surface area (Å²) < 4.78 is 31.2. The van der Waals surface area contributed by atoms with Gasteiger partial charge in [0.15, 0.2) is 0 Å². The molecule has 1 unspecified atom stereocenters. The fourth-order valence-corrected chi connectivity index (χ4v) is 1.64. The normalized spacial score (nSPS) is 25.9. The van der Waals surface area contributed by atoms with Gasteiger partial charge in [0, 0.05) is 6.42 Å². The number of rotatable bonds is 3. The van der Waals surface area contributed by atoms with Crippen molar-refractivity contribution in [2.24, 2.45) is 5.73 Å². The Bertz CT molecular complexity index is 188. The van der Waals surface area contributed by atoms with E-state index in [2.05, 4.69) is 0 Å². The maximum absolute atomic E-state index is 12.9. The second-order valence-electron chi connectivity index (χ2n) is 4.30. The Kier molecular flexibility index (Phi) is 4.75. The van der Waals surface area contributed by atoms with E-state index in [0.717, 1.165) is 6.42 Å². The summed E-state index contributed by atoms with van der Waals surface area (Å²) in [5.41, 5.74) is 4.71. The van der Waals surface area contributed by atoms with Gasteiger partial charge in [0.05, 0.1) is 18.2 Å². The standard InChI is InChI=1S/C9H17F2NO.ClH/c1-8(2)4-3-7(13-8)5-9(10,11)6-12;/h7H,3-6,12H2,1-2H3;1H. The summed E-state index contributed by atoms with van der Waals surface area (Å²) in [5.74, 6) is -2.77. The van der Waals surface area contributed by atoms with E-state index in [-0.39, 0.29) is 30.5 Å². The molecule has 0 aromatic heterocycles. The van der Waals surface area contributed by atoms with Crippen LogP contribution in [0.25, 0.3) is 0 Å². The molecule has 1 aliphatic rings. The fourth-order valence-electron chi connectivity index (χ4n) is 1.64. The predicted molar refractivity (Wildman–Crippen MR) is 54.1 cm³/mol. The summed E-state index contributed by atoms with van der Waals surface area (Å²) in [6, 6.07) is 0. The van der Waals surface area contributed by atoms with E-state index < -0.39 is 12.5 Å². The molecule has 0 aromatic carbocycles. The summed E-state index contributed by atoms with van der Waals surface area (Å²) in [6.07, 6.45) is 0.988.